The van der Waals surface area contributed by atoms with Gasteiger partial charge in [-0.15, -0.1) is 0 Å². The van der Waals surface area contributed by atoms with E-state index in [1.165, 1.54) is 12.1 Å². The first-order valence-corrected chi connectivity index (χ1v) is 10.1. The number of halogens is 3. The van der Waals surface area contributed by atoms with Crippen molar-refractivity contribution in [3.63, 3.8) is 0 Å². The highest BCUT2D eigenvalue weighted by Gasteiger charge is 2.31. The third kappa shape index (κ3) is 5.07. The summed E-state index contributed by atoms with van der Waals surface area (Å²) in [6.07, 6.45) is 4.38. The van der Waals surface area contributed by atoms with Gasteiger partial charge in [0, 0.05) is 19.0 Å². The molecule has 0 saturated carbocycles. The number of likely N-dealkylation sites (tertiary alicyclic amines) is 1. The predicted molar refractivity (Wildman–Crippen MR) is 106 cm³/mol. The zero-order valence-electron chi connectivity index (χ0n) is 16.7. The summed E-state index contributed by atoms with van der Waals surface area (Å²) < 4.78 is 51.3. The van der Waals surface area contributed by atoms with Crippen LogP contribution in [0.15, 0.2) is 53.1 Å². The molecule has 1 saturated heterocycles. The van der Waals surface area contributed by atoms with E-state index in [0.29, 0.717) is 37.1 Å². The van der Waals surface area contributed by atoms with Crippen LogP contribution in [-0.2, 0) is 11.2 Å². The maximum atomic E-state index is 13.8. The second-order valence-electron chi connectivity index (χ2n) is 7.43. The number of amides is 1. The van der Waals surface area contributed by atoms with Gasteiger partial charge in [-0.1, -0.05) is 12.1 Å². The number of aromatic nitrogens is 1. The molecule has 162 valence electrons. The van der Waals surface area contributed by atoms with Crippen LogP contribution in [0, 0.1) is 17.5 Å². The number of benzene rings is 2. The third-order valence-electron chi connectivity index (χ3n) is 5.19. The summed E-state index contributed by atoms with van der Waals surface area (Å²) in [5.74, 6) is -1.44. The minimum absolute atomic E-state index is 0.184. The molecular weight excluding hydrogens is 409 g/mol. The average Bonchev–Trinajstić information content (AvgIpc) is 3.21. The Labute approximate surface area is 177 Å². The van der Waals surface area contributed by atoms with Gasteiger partial charge in [0.05, 0.1) is 6.20 Å². The maximum Gasteiger partial charge on any atom is 0.261 e. The van der Waals surface area contributed by atoms with Crippen molar-refractivity contribution >= 4 is 5.91 Å². The molecular formula is C23H21F3N2O3. The Hall–Kier alpha value is -3.29. The van der Waals surface area contributed by atoms with Gasteiger partial charge in [-0.3, -0.25) is 4.79 Å². The van der Waals surface area contributed by atoms with Crippen molar-refractivity contribution in [2.24, 2.45) is 0 Å². The molecule has 1 aliphatic rings. The molecule has 3 aromatic rings. The monoisotopic (exact) mass is 430 g/mol. The number of rotatable bonds is 6. The Morgan fingerprint density at radius 1 is 1.13 bits per heavy atom. The number of carbonyl (C=O) groups is 1. The SMILES string of the molecule is O=C(COc1ccc(F)cc1F)N1CCCC[C@@H]1c1ncc(Cc2cccc(F)c2)o1. The van der Waals surface area contributed by atoms with Gasteiger partial charge in [0.1, 0.15) is 23.4 Å². The standard InChI is InChI=1S/C23H21F3N2O3/c24-16-5-3-4-15(10-16)11-18-13-27-23(31-18)20-6-1-2-9-28(20)22(29)14-30-21-8-7-17(25)12-19(21)26/h3-5,7-8,10,12-13,20H,1-2,6,9,11,14H2/t20-/m1/s1. The topological polar surface area (TPSA) is 55.6 Å². The molecule has 0 aliphatic carbocycles. The van der Waals surface area contributed by atoms with Crippen LogP contribution in [0.3, 0.4) is 0 Å². The molecule has 5 nitrogen and oxygen atoms in total. The molecule has 1 aromatic heterocycles. The van der Waals surface area contributed by atoms with Crippen molar-refractivity contribution in [3.8, 4) is 5.75 Å². The fourth-order valence-corrected chi connectivity index (χ4v) is 3.71. The Morgan fingerprint density at radius 3 is 2.77 bits per heavy atom. The first kappa shape index (κ1) is 21.0. The number of piperidine rings is 1. The lowest BCUT2D eigenvalue weighted by Crippen LogP contribution is -2.41. The van der Waals surface area contributed by atoms with Crippen LogP contribution in [0.5, 0.6) is 5.75 Å². The van der Waals surface area contributed by atoms with Crippen LogP contribution < -0.4 is 4.74 Å². The van der Waals surface area contributed by atoms with E-state index in [9.17, 15) is 18.0 Å². The van der Waals surface area contributed by atoms with Crippen LogP contribution in [0.2, 0.25) is 0 Å². The summed E-state index contributed by atoms with van der Waals surface area (Å²) in [5, 5.41) is 0. The lowest BCUT2D eigenvalue weighted by atomic mass is 10.0. The smallest absolute Gasteiger partial charge is 0.261 e. The molecule has 1 fully saturated rings. The van der Waals surface area contributed by atoms with Gasteiger partial charge in [0.15, 0.2) is 18.2 Å². The molecule has 2 aromatic carbocycles. The molecule has 0 spiro atoms. The Bertz CT molecular complexity index is 1070. The van der Waals surface area contributed by atoms with Gasteiger partial charge in [0.2, 0.25) is 5.89 Å². The first-order valence-electron chi connectivity index (χ1n) is 10.1. The van der Waals surface area contributed by atoms with Crippen LogP contribution in [-0.4, -0.2) is 28.9 Å². The Morgan fingerprint density at radius 2 is 1.97 bits per heavy atom. The number of oxazole rings is 1. The average molecular weight is 430 g/mol. The molecule has 0 unspecified atom stereocenters. The number of ether oxygens (including phenoxy) is 1. The van der Waals surface area contributed by atoms with Crippen molar-refractivity contribution in [1.82, 2.24) is 9.88 Å². The van der Waals surface area contributed by atoms with Crippen LogP contribution in [0.4, 0.5) is 13.2 Å². The molecule has 1 aliphatic heterocycles. The van der Waals surface area contributed by atoms with E-state index in [1.807, 2.05) is 0 Å². The lowest BCUT2D eigenvalue weighted by molar-refractivity contribution is -0.137. The molecule has 1 atom stereocenters. The minimum Gasteiger partial charge on any atom is -0.481 e. The van der Waals surface area contributed by atoms with Gasteiger partial charge in [-0.2, -0.15) is 0 Å². The van der Waals surface area contributed by atoms with Gasteiger partial charge in [-0.25, -0.2) is 18.2 Å². The summed E-state index contributed by atoms with van der Waals surface area (Å²) in [4.78, 5) is 18.7. The van der Waals surface area contributed by atoms with Crippen molar-refractivity contribution in [2.75, 3.05) is 13.2 Å². The summed E-state index contributed by atoms with van der Waals surface area (Å²) >= 11 is 0. The molecule has 0 radical (unpaired) electrons. The van der Waals surface area contributed by atoms with Crippen molar-refractivity contribution in [1.29, 1.82) is 0 Å². The molecule has 0 bridgehead atoms. The summed E-state index contributed by atoms with van der Waals surface area (Å²) in [6, 6.07) is 8.81. The zero-order valence-corrected chi connectivity index (χ0v) is 16.7. The van der Waals surface area contributed by atoms with E-state index >= 15 is 0 Å². The lowest BCUT2D eigenvalue weighted by Gasteiger charge is -2.33. The largest absolute Gasteiger partial charge is 0.481 e. The Kier molecular flexibility index (Phi) is 6.25. The fraction of sp³-hybridized carbons (Fsp3) is 0.304. The summed E-state index contributed by atoms with van der Waals surface area (Å²) in [5.41, 5.74) is 0.758. The van der Waals surface area contributed by atoms with E-state index in [0.717, 1.165) is 30.5 Å². The highest BCUT2D eigenvalue weighted by Crippen LogP contribution is 2.31. The van der Waals surface area contributed by atoms with Gasteiger partial charge < -0.3 is 14.1 Å². The van der Waals surface area contributed by atoms with Crippen molar-refractivity contribution in [3.05, 3.63) is 83.3 Å². The molecule has 4 rings (SSSR count). The third-order valence-corrected chi connectivity index (χ3v) is 5.19. The number of nitrogens with zero attached hydrogens (tertiary/aromatic N) is 2. The Balaban J connectivity index is 1.43. The number of carbonyl (C=O) groups excluding carboxylic acids is 1. The van der Waals surface area contributed by atoms with Crippen molar-refractivity contribution < 1.29 is 27.1 Å². The van der Waals surface area contributed by atoms with Gasteiger partial charge in [-0.05, 0) is 49.1 Å². The molecule has 8 heteroatoms. The quantitative estimate of drug-likeness (QED) is 0.563. The van der Waals surface area contributed by atoms with Gasteiger partial charge in [0.25, 0.3) is 5.91 Å². The second-order valence-corrected chi connectivity index (χ2v) is 7.43. The van der Waals surface area contributed by atoms with E-state index in [4.69, 9.17) is 9.15 Å². The zero-order chi connectivity index (χ0) is 21.8. The molecule has 1 amide bonds. The van der Waals surface area contributed by atoms with Crippen LogP contribution in [0.1, 0.15) is 42.5 Å². The maximum absolute atomic E-state index is 13.8. The van der Waals surface area contributed by atoms with Crippen molar-refractivity contribution in [2.45, 2.75) is 31.7 Å². The predicted octanol–water partition coefficient (Wildman–Crippen LogP) is 4.82. The molecule has 2 heterocycles. The normalized spacial score (nSPS) is 16.4. The second kappa shape index (κ2) is 9.24. The van der Waals surface area contributed by atoms with E-state index < -0.39 is 11.6 Å². The highest BCUT2D eigenvalue weighted by atomic mass is 19.1. The molecule has 31 heavy (non-hydrogen) atoms. The number of hydrogen-bond donors (Lipinski definition) is 0. The van der Waals surface area contributed by atoms with E-state index in [-0.39, 0.29) is 30.1 Å². The highest BCUT2D eigenvalue weighted by molar-refractivity contribution is 5.78. The van der Waals surface area contributed by atoms with E-state index in [1.54, 1.807) is 23.2 Å². The van der Waals surface area contributed by atoms with E-state index in [2.05, 4.69) is 4.98 Å². The van der Waals surface area contributed by atoms with Crippen LogP contribution >= 0.6 is 0 Å². The number of hydrogen-bond acceptors (Lipinski definition) is 4. The van der Waals surface area contributed by atoms with Crippen LogP contribution in [0.25, 0.3) is 0 Å². The fourth-order valence-electron chi connectivity index (χ4n) is 3.71. The summed E-state index contributed by atoms with van der Waals surface area (Å²) in [6.45, 7) is 0.121. The summed E-state index contributed by atoms with van der Waals surface area (Å²) in [7, 11) is 0. The van der Waals surface area contributed by atoms with Gasteiger partial charge >= 0.3 is 0 Å². The molecule has 0 N–H and O–H groups in total. The first-order chi connectivity index (χ1) is 15.0. The minimum atomic E-state index is -0.863.